The van der Waals surface area contributed by atoms with Gasteiger partial charge in [-0.2, -0.15) is 0 Å². The van der Waals surface area contributed by atoms with E-state index in [0.717, 1.165) is 31.2 Å². The molecule has 1 aromatic carbocycles. The Hall–Kier alpha value is -1.42. The fourth-order valence-corrected chi connectivity index (χ4v) is 2.74. The maximum Gasteiger partial charge on any atom is 0.229 e. The molecule has 1 unspecified atom stereocenters. The zero-order chi connectivity index (χ0) is 13.7. The SMILES string of the molecule is CC(NC(=S)NC(=O)C1CCCC1)c1ccccc1. The minimum Gasteiger partial charge on any atom is -0.356 e. The number of amides is 1. The van der Waals surface area contributed by atoms with E-state index in [1.807, 2.05) is 37.3 Å². The number of thiocarbonyl (C=S) groups is 1. The summed E-state index contributed by atoms with van der Waals surface area (Å²) in [5.41, 5.74) is 1.15. The van der Waals surface area contributed by atoms with Crippen LogP contribution in [0.25, 0.3) is 0 Å². The first-order chi connectivity index (χ1) is 9.16. The smallest absolute Gasteiger partial charge is 0.229 e. The summed E-state index contributed by atoms with van der Waals surface area (Å²) in [6.07, 6.45) is 4.28. The maximum atomic E-state index is 11.9. The highest BCUT2D eigenvalue weighted by molar-refractivity contribution is 7.80. The molecule has 1 aliphatic rings. The topological polar surface area (TPSA) is 41.1 Å². The summed E-state index contributed by atoms with van der Waals surface area (Å²) in [6.45, 7) is 2.03. The van der Waals surface area contributed by atoms with Crippen LogP contribution in [0.4, 0.5) is 0 Å². The second-order valence-electron chi connectivity index (χ2n) is 5.08. The molecule has 1 amide bonds. The Morgan fingerprint density at radius 2 is 1.89 bits per heavy atom. The molecule has 1 aromatic rings. The van der Waals surface area contributed by atoms with Gasteiger partial charge in [0.2, 0.25) is 5.91 Å². The Morgan fingerprint density at radius 1 is 1.26 bits per heavy atom. The van der Waals surface area contributed by atoms with E-state index >= 15 is 0 Å². The number of hydrogen-bond acceptors (Lipinski definition) is 2. The van der Waals surface area contributed by atoms with Gasteiger partial charge in [0.15, 0.2) is 5.11 Å². The van der Waals surface area contributed by atoms with Crippen LogP contribution in [0, 0.1) is 5.92 Å². The Bertz CT molecular complexity index is 441. The van der Waals surface area contributed by atoms with E-state index < -0.39 is 0 Å². The fraction of sp³-hybridized carbons (Fsp3) is 0.467. The molecular formula is C15H20N2OS. The third-order valence-corrected chi connectivity index (χ3v) is 3.83. The van der Waals surface area contributed by atoms with Crippen LogP contribution in [0.3, 0.4) is 0 Å². The van der Waals surface area contributed by atoms with E-state index in [-0.39, 0.29) is 17.9 Å². The van der Waals surface area contributed by atoms with E-state index in [1.54, 1.807) is 0 Å². The fourth-order valence-electron chi connectivity index (χ4n) is 2.46. The van der Waals surface area contributed by atoms with E-state index in [4.69, 9.17) is 12.2 Å². The summed E-state index contributed by atoms with van der Waals surface area (Å²) in [5.74, 6) is 0.210. The van der Waals surface area contributed by atoms with Gasteiger partial charge in [0, 0.05) is 5.92 Å². The van der Waals surface area contributed by atoms with Gasteiger partial charge in [0.1, 0.15) is 0 Å². The molecular weight excluding hydrogens is 256 g/mol. The number of hydrogen-bond donors (Lipinski definition) is 2. The van der Waals surface area contributed by atoms with Crippen LogP contribution < -0.4 is 10.6 Å². The van der Waals surface area contributed by atoms with Crippen LogP contribution in [-0.2, 0) is 4.79 Å². The monoisotopic (exact) mass is 276 g/mol. The number of carbonyl (C=O) groups excluding carboxylic acids is 1. The molecule has 1 saturated carbocycles. The van der Waals surface area contributed by atoms with Crippen LogP contribution >= 0.6 is 12.2 Å². The Kier molecular flexibility index (Phi) is 4.91. The summed E-state index contributed by atoms with van der Waals surface area (Å²) in [4.78, 5) is 11.9. The van der Waals surface area contributed by atoms with Crippen molar-refractivity contribution >= 4 is 23.2 Å². The first-order valence-corrected chi connectivity index (χ1v) is 7.24. The van der Waals surface area contributed by atoms with Crippen LogP contribution in [-0.4, -0.2) is 11.0 Å². The normalized spacial score (nSPS) is 16.9. The Labute approximate surface area is 119 Å². The van der Waals surface area contributed by atoms with Gasteiger partial charge in [-0.3, -0.25) is 4.79 Å². The molecule has 4 heteroatoms. The first kappa shape index (κ1) is 14.0. The van der Waals surface area contributed by atoms with Crippen LogP contribution in [0.1, 0.15) is 44.2 Å². The standard InChI is InChI=1S/C15H20N2OS/c1-11(12-7-3-2-4-8-12)16-15(19)17-14(18)13-9-5-6-10-13/h2-4,7-8,11,13H,5-6,9-10H2,1H3,(H2,16,17,18,19). The largest absolute Gasteiger partial charge is 0.356 e. The molecule has 1 atom stereocenters. The Balaban J connectivity index is 1.82. The molecule has 1 aliphatic carbocycles. The average molecular weight is 276 g/mol. The van der Waals surface area contributed by atoms with Crippen LogP contribution in [0.15, 0.2) is 30.3 Å². The maximum absolute atomic E-state index is 11.9. The average Bonchev–Trinajstić information content (AvgIpc) is 2.93. The van der Waals surface area contributed by atoms with Crippen molar-refractivity contribution in [2.75, 3.05) is 0 Å². The number of benzene rings is 1. The quantitative estimate of drug-likeness (QED) is 0.834. The highest BCUT2D eigenvalue weighted by Gasteiger charge is 2.23. The van der Waals surface area contributed by atoms with Crippen molar-refractivity contribution in [1.29, 1.82) is 0 Å². The Morgan fingerprint density at radius 3 is 2.53 bits per heavy atom. The van der Waals surface area contributed by atoms with E-state index in [2.05, 4.69) is 10.6 Å². The molecule has 0 aromatic heterocycles. The molecule has 0 bridgehead atoms. The van der Waals surface area contributed by atoms with Crippen molar-refractivity contribution < 1.29 is 4.79 Å². The zero-order valence-corrected chi connectivity index (χ0v) is 12.0. The van der Waals surface area contributed by atoms with Crippen molar-refractivity contribution in [3.8, 4) is 0 Å². The van der Waals surface area contributed by atoms with Gasteiger partial charge in [-0.15, -0.1) is 0 Å². The van der Waals surface area contributed by atoms with Gasteiger partial charge in [0.05, 0.1) is 6.04 Å². The van der Waals surface area contributed by atoms with Crippen LogP contribution in [0.2, 0.25) is 0 Å². The summed E-state index contributed by atoms with van der Waals surface area (Å²) >= 11 is 5.20. The molecule has 19 heavy (non-hydrogen) atoms. The van der Waals surface area contributed by atoms with Crippen molar-refractivity contribution in [3.05, 3.63) is 35.9 Å². The molecule has 2 rings (SSSR count). The molecule has 3 nitrogen and oxygen atoms in total. The molecule has 0 aliphatic heterocycles. The lowest BCUT2D eigenvalue weighted by molar-refractivity contribution is -0.123. The van der Waals surface area contributed by atoms with E-state index in [1.165, 1.54) is 0 Å². The lowest BCUT2D eigenvalue weighted by atomic mass is 10.1. The zero-order valence-electron chi connectivity index (χ0n) is 11.2. The van der Waals surface area contributed by atoms with Gasteiger partial charge in [-0.1, -0.05) is 43.2 Å². The van der Waals surface area contributed by atoms with Crippen molar-refractivity contribution in [2.24, 2.45) is 5.92 Å². The number of nitrogens with one attached hydrogen (secondary N) is 2. The molecule has 0 radical (unpaired) electrons. The van der Waals surface area contributed by atoms with Crippen molar-refractivity contribution in [2.45, 2.75) is 38.6 Å². The molecule has 1 fully saturated rings. The lowest BCUT2D eigenvalue weighted by Gasteiger charge is -2.18. The van der Waals surface area contributed by atoms with Gasteiger partial charge >= 0.3 is 0 Å². The molecule has 102 valence electrons. The van der Waals surface area contributed by atoms with Gasteiger partial charge in [0.25, 0.3) is 0 Å². The minimum absolute atomic E-state index is 0.0651. The highest BCUT2D eigenvalue weighted by atomic mass is 32.1. The molecule has 0 spiro atoms. The number of carbonyl (C=O) groups is 1. The summed E-state index contributed by atoms with van der Waals surface area (Å²) in [7, 11) is 0. The van der Waals surface area contributed by atoms with E-state index in [0.29, 0.717) is 5.11 Å². The lowest BCUT2D eigenvalue weighted by Crippen LogP contribution is -2.42. The number of rotatable bonds is 3. The molecule has 0 saturated heterocycles. The summed E-state index contributed by atoms with van der Waals surface area (Å²) in [6, 6.07) is 10.1. The third-order valence-electron chi connectivity index (χ3n) is 3.61. The summed E-state index contributed by atoms with van der Waals surface area (Å²) in [5, 5.41) is 6.38. The minimum atomic E-state index is 0.0651. The first-order valence-electron chi connectivity index (χ1n) is 6.83. The summed E-state index contributed by atoms with van der Waals surface area (Å²) < 4.78 is 0. The third kappa shape index (κ3) is 4.03. The molecule has 0 heterocycles. The van der Waals surface area contributed by atoms with Gasteiger partial charge in [-0.05, 0) is 37.5 Å². The second kappa shape index (κ2) is 6.66. The van der Waals surface area contributed by atoms with Crippen molar-refractivity contribution in [1.82, 2.24) is 10.6 Å². The highest BCUT2D eigenvalue weighted by Crippen LogP contribution is 2.24. The van der Waals surface area contributed by atoms with Crippen molar-refractivity contribution in [3.63, 3.8) is 0 Å². The second-order valence-corrected chi connectivity index (χ2v) is 5.48. The van der Waals surface area contributed by atoms with Crippen LogP contribution in [0.5, 0.6) is 0 Å². The van der Waals surface area contributed by atoms with Gasteiger partial charge in [-0.25, -0.2) is 0 Å². The van der Waals surface area contributed by atoms with E-state index in [9.17, 15) is 4.79 Å². The predicted molar refractivity (Wildman–Crippen MR) is 80.7 cm³/mol. The molecule has 2 N–H and O–H groups in total. The van der Waals surface area contributed by atoms with Gasteiger partial charge < -0.3 is 10.6 Å². The predicted octanol–water partition coefficient (Wildman–Crippen LogP) is 2.93.